The number of carbonyl (C=O) groups excluding carboxylic acids is 1. The van der Waals surface area contributed by atoms with Crippen molar-refractivity contribution < 1.29 is 4.79 Å². The summed E-state index contributed by atoms with van der Waals surface area (Å²) in [4.78, 5) is 14.5. The number of amides is 1. The van der Waals surface area contributed by atoms with E-state index in [0.29, 0.717) is 18.2 Å². The molecule has 0 radical (unpaired) electrons. The van der Waals surface area contributed by atoms with Crippen molar-refractivity contribution in [3.8, 4) is 0 Å². The second kappa shape index (κ2) is 5.96. The van der Waals surface area contributed by atoms with Crippen LogP contribution in [0.3, 0.4) is 0 Å². The lowest BCUT2D eigenvalue weighted by Gasteiger charge is -2.34. The van der Waals surface area contributed by atoms with Gasteiger partial charge in [0.25, 0.3) is 0 Å². The molecule has 2 atom stereocenters. The zero-order chi connectivity index (χ0) is 13.9. The summed E-state index contributed by atoms with van der Waals surface area (Å²) in [6.45, 7) is 2.06. The largest absolute Gasteiger partial charge is 0.339 e. The van der Waals surface area contributed by atoms with Crippen LogP contribution in [-0.2, 0) is 11.2 Å². The Hall–Kier alpha value is -1.35. The number of carbonyl (C=O) groups is 1. The first-order valence-electron chi connectivity index (χ1n) is 7.80. The van der Waals surface area contributed by atoms with Crippen LogP contribution < -0.4 is 5.32 Å². The molecule has 1 fully saturated rings. The van der Waals surface area contributed by atoms with Gasteiger partial charge in [0.1, 0.15) is 0 Å². The SMILES string of the molecule is CN(C(=O)CC1CCNC1)C1CCCc2ccccc21. The predicted octanol–water partition coefficient (Wildman–Crippen LogP) is 2.52. The lowest BCUT2D eigenvalue weighted by Crippen LogP contribution is -2.34. The minimum atomic E-state index is 0.279. The van der Waals surface area contributed by atoms with Crippen LogP contribution in [0.2, 0.25) is 0 Å². The van der Waals surface area contributed by atoms with Crippen LogP contribution in [0.1, 0.15) is 42.9 Å². The van der Waals surface area contributed by atoms with Gasteiger partial charge < -0.3 is 10.2 Å². The van der Waals surface area contributed by atoms with Crippen molar-refractivity contribution in [3.63, 3.8) is 0 Å². The number of benzene rings is 1. The first-order valence-corrected chi connectivity index (χ1v) is 7.80. The van der Waals surface area contributed by atoms with E-state index in [1.54, 1.807) is 0 Å². The third-order valence-electron chi connectivity index (χ3n) is 4.82. The standard InChI is InChI=1S/C17H24N2O/c1-19(17(20)11-13-9-10-18-12-13)16-8-4-6-14-5-2-3-7-15(14)16/h2-3,5,7,13,16,18H,4,6,8-12H2,1H3. The molecule has 1 amide bonds. The summed E-state index contributed by atoms with van der Waals surface area (Å²) in [5, 5.41) is 3.34. The van der Waals surface area contributed by atoms with Crippen LogP contribution in [0.25, 0.3) is 0 Å². The Morgan fingerprint density at radius 1 is 1.35 bits per heavy atom. The van der Waals surface area contributed by atoms with Gasteiger partial charge in [0.05, 0.1) is 6.04 Å². The van der Waals surface area contributed by atoms with Crippen LogP contribution in [0, 0.1) is 5.92 Å². The monoisotopic (exact) mass is 272 g/mol. The second-order valence-corrected chi connectivity index (χ2v) is 6.17. The van der Waals surface area contributed by atoms with E-state index >= 15 is 0 Å². The van der Waals surface area contributed by atoms with E-state index < -0.39 is 0 Å². The summed E-state index contributed by atoms with van der Waals surface area (Å²) in [7, 11) is 1.98. The molecule has 0 spiro atoms. The van der Waals surface area contributed by atoms with Gasteiger partial charge in [-0.3, -0.25) is 4.79 Å². The Morgan fingerprint density at radius 2 is 2.20 bits per heavy atom. The van der Waals surface area contributed by atoms with E-state index in [4.69, 9.17) is 0 Å². The number of nitrogens with one attached hydrogen (secondary N) is 1. The summed E-state index contributed by atoms with van der Waals surface area (Å²) in [5.41, 5.74) is 2.78. The van der Waals surface area contributed by atoms with Crippen molar-refractivity contribution in [1.29, 1.82) is 0 Å². The fraction of sp³-hybridized carbons (Fsp3) is 0.588. The molecule has 1 aromatic rings. The van der Waals surface area contributed by atoms with Gasteiger partial charge in [0, 0.05) is 13.5 Å². The summed E-state index contributed by atoms with van der Waals surface area (Å²) in [6.07, 6.45) is 5.27. The van der Waals surface area contributed by atoms with Gasteiger partial charge in [-0.1, -0.05) is 24.3 Å². The molecule has 20 heavy (non-hydrogen) atoms. The van der Waals surface area contributed by atoms with Gasteiger partial charge in [-0.2, -0.15) is 0 Å². The van der Waals surface area contributed by atoms with Crippen LogP contribution >= 0.6 is 0 Å². The highest BCUT2D eigenvalue weighted by molar-refractivity contribution is 5.77. The molecule has 1 aliphatic heterocycles. The Bertz CT molecular complexity index is 480. The fourth-order valence-corrected chi connectivity index (χ4v) is 3.58. The van der Waals surface area contributed by atoms with Crippen molar-refractivity contribution >= 4 is 5.91 Å². The minimum Gasteiger partial charge on any atom is -0.339 e. The van der Waals surface area contributed by atoms with Gasteiger partial charge in [0.15, 0.2) is 0 Å². The number of hydrogen-bond acceptors (Lipinski definition) is 2. The third-order valence-corrected chi connectivity index (χ3v) is 4.82. The highest BCUT2D eigenvalue weighted by atomic mass is 16.2. The maximum atomic E-state index is 12.5. The Labute approximate surface area is 121 Å². The normalized spacial score (nSPS) is 25.2. The molecule has 1 aliphatic carbocycles. The van der Waals surface area contributed by atoms with Gasteiger partial charge in [-0.05, 0) is 55.8 Å². The van der Waals surface area contributed by atoms with Gasteiger partial charge in [-0.15, -0.1) is 0 Å². The highest BCUT2D eigenvalue weighted by Crippen LogP contribution is 2.34. The molecule has 2 unspecified atom stereocenters. The summed E-state index contributed by atoms with van der Waals surface area (Å²) in [6, 6.07) is 8.88. The molecule has 1 saturated heterocycles. The molecule has 108 valence electrons. The average Bonchev–Trinajstić information content (AvgIpc) is 2.99. The van der Waals surface area contributed by atoms with Crippen molar-refractivity contribution in [2.75, 3.05) is 20.1 Å². The summed E-state index contributed by atoms with van der Waals surface area (Å²) < 4.78 is 0. The van der Waals surface area contributed by atoms with E-state index in [0.717, 1.165) is 32.4 Å². The predicted molar refractivity (Wildman–Crippen MR) is 80.5 cm³/mol. The quantitative estimate of drug-likeness (QED) is 0.917. The lowest BCUT2D eigenvalue weighted by atomic mass is 9.86. The van der Waals surface area contributed by atoms with Crippen LogP contribution in [0.15, 0.2) is 24.3 Å². The molecule has 0 saturated carbocycles. The van der Waals surface area contributed by atoms with E-state index in [1.807, 2.05) is 11.9 Å². The molecule has 1 heterocycles. The Morgan fingerprint density at radius 3 is 3.00 bits per heavy atom. The van der Waals surface area contributed by atoms with Crippen molar-refractivity contribution in [2.45, 2.75) is 38.1 Å². The van der Waals surface area contributed by atoms with E-state index in [-0.39, 0.29) is 6.04 Å². The van der Waals surface area contributed by atoms with Crippen LogP contribution in [0.5, 0.6) is 0 Å². The molecular weight excluding hydrogens is 248 g/mol. The number of hydrogen-bond donors (Lipinski definition) is 1. The Balaban J connectivity index is 1.70. The number of fused-ring (bicyclic) bond motifs is 1. The highest BCUT2D eigenvalue weighted by Gasteiger charge is 2.28. The fourth-order valence-electron chi connectivity index (χ4n) is 3.58. The first-order chi connectivity index (χ1) is 9.75. The van der Waals surface area contributed by atoms with Gasteiger partial charge in [0.2, 0.25) is 5.91 Å². The molecule has 0 aromatic heterocycles. The van der Waals surface area contributed by atoms with Crippen molar-refractivity contribution in [1.82, 2.24) is 10.2 Å². The first kappa shape index (κ1) is 13.6. The second-order valence-electron chi connectivity index (χ2n) is 6.17. The molecule has 1 aromatic carbocycles. The molecule has 3 rings (SSSR count). The molecular formula is C17H24N2O. The van der Waals surface area contributed by atoms with Crippen LogP contribution in [-0.4, -0.2) is 30.9 Å². The zero-order valence-corrected chi connectivity index (χ0v) is 12.3. The molecule has 2 aliphatic rings. The van der Waals surface area contributed by atoms with E-state index in [9.17, 15) is 4.79 Å². The maximum absolute atomic E-state index is 12.5. The third kappa shape index (κ3) is 2.73. The van der Waals surface area contributed by atoms with Crippen molar-refractivity contribution in [2.24, 2.45) is 5.92 Å². The average molecular weight is 272 g/mol. The molecule has 3 heteroatoms. The summed E-state index contributed by atoms with van der Waals surface area (Å²) in [5.74, 6) is 0.837. The zero-order valence-electron chi connectivity index (χ0n) is 12.3. The molecule has 1 N–H and O–H groups in total. The number of nitrogens with zero attached hydrogens (tertiary/aromatic N) is 1. The topological polar surface area (TPSA) is 32.3 Å². The Kier molecular flexibility index (Phi) is 4.06. The smallest absolute Gasteiger partial charge is 0.223 e. The van der Waals surface area contributed by atoms with Gasteiger partial charge in [-0.25, -0.2) is 0 Å². The number of rotatable bonds is 3. The lowest BCUT2D eigenvalue weighted by molar-refractivity contribution is -0.133. The molecule has 0 bridgehead atoms. The van der Waals surface area contributed by atoms with Gasteiger partial charge >= 0.3 is 0 Å². The van der Waals surface area contributed by atoms with E-state index in [1.165, 1.54) is 17.5 Å². The summed E-state index contributed by atoms with van der Waals surface area (Å²) >= 11 is 0. The van der Waals surface area contributed by atoms with E-state index in [2.05, 4.69) is 29.6 Å². The number of aryl methyl sites for hydroxylation is 1. The molecule has 3 nitrogen and oxygen atoms in total. The van der Waals surface area contributed by atoms with Crippen LogP contribution in [0.4, 0.5) is 0 Å². The van der Waals surface area contributed by atoms with Crippen molar-refractivity contribution in [3.05, 3.63) is 35.4 Å². The minimum absolute atomic E-state index is 0.279. The maximum Gasteiger partial charge on any atom is 0.223 e.